The Morgan fingerprint density at radius 3 is 2.73 bits per heavy atom. The Bertz CT molecular complexity index is 444. The lowest BCUT2D eigenvalue weighted by molar-refractivity contribution is 0.237. The van der Waals surface area contributed by atoms with Crippen molar-refractivity contribution in [2.45, 2.75) is 19.8 Å². The molecular weight excluding hydrogens is 186 g/mol. The van der Waals surface area contributed by atoms with E-state index in [1.165, 1.54) is 10.9 Å². The van der Waals surface area contributed by atoms with E-state index in [1.54, 1.807) is 0 Å². The van der Waals surface area contributed by atoms with E-state index < -0.39 is 0 Å². The number of benzene rings is 1. The van der Waals surface area contributed by atoms with Crippen LogP contribution in [0.5, 0.6) is 0 Å². The summed E-state index contributed by atoms with van der Waals surface area (Å²) in [7, 11) is 0. The van der Waals surface area contributed by atoms with E-state index in [9.17, 15) is 5.11 Å². The average molecular weight is 203 g/mol. The number of rotatable bonds is 3. The number of hydrogen-bond acceptors (Lipinski definition) is 1. The average Bonchev–Trinajstić information content (AvgIpc) is 2.65. The van der Waals surface area contributed by atoms with Crippen molar-refractivity contribution in [1.29, 1.82) is 0 Å². The summed E-state index contributed by atoms with van der Waals surface area (Å²) in [6.45, 7) is 4.50. The molecule has 2 aromatic rings. The summed E-state index contributed by atoms with van der Waals surface area (Å²) in [6.07, 6.45) is 1.94. The van der Waals surface area contributed by atoms with E-state index in [1.807, 2.05) is 6.20 Å². The summed E-state index contributed by atoms with van der Waals surface area (Å²) in [5.74, 6) is 0.704. The molecule has 0 aliphatic rings. The predicted octanol–water partition coefficient (Wildman–Crippen LogP) is 2.90. The Balaban J connectivity index is 2.41. The molecule has 2 nitrogen and oxygen atoms in total. The van der Waals surface area contributed by atoms with Crippen LogP contribution in [0.1, 0.15) is 25.3 Å². The van der Waals surface area contributed by atoms with Crippen LogP contribution in [-0.2, 0) is 0 Å². The zero-order valence-corrected chi connectivity index (χ0v) is 9.20. The first-order chi connectivity index (χ1) is 7.22. The Morgan fingerprint density at radius 2 is 2.07 bits per heavy atom. The fraction of sp³-hybridized carbons (Fsp3) is 0.385. The minimum Gasteiger partial charge on any atom is -0.396 e. The van der Waals surface area contributed by atoms with Crippen LogP contribution in [0.3, 0.4) is 0 Å². The molecule has 0 radical (unpaired) electrons. The number of aliphatic hydroxyl groups excluding tert-OH is 1. The molecular formula is C13H17NO. The zero-order valence-electron chi connectivity index (χ0n) is 9.20. The smallest absolute Gasteiger partial charge is 0.0502 e. The molecule has 1 heterocycles. The summed E-state index contributed by atoms with van der Waals surface area (Å²) in [4.78, 5) is 3.17. The maximum Gasteiger partial charge on any atom is 0.0502 e. The molecule has 0 saturated heterocycles. The zero-order chi connectivity index (χ0) is 10.8. The van der Waals surface area contributed by atoms with Gasteiger partial charge in [0.25, 0.3) is 0 Å². The molecule has 2 heteroatoms. The molecule has 0 amide bonds. The van der Waals surface area contributed by atoms with E-state index in [-0.39, 0.29) is 12.5 Å². The second-order valence-corrected chi connectivity index (χ2v) is 4.36. The Labute approximate surface area is 89.9 Å². The van der Waals surface area contributed by atoms with Crippen molar-refractivity contribution in [3.8, 4) is 0 Å². The van der Waals surface area contributed by atoms with Crippen molar-refractivity contribution in [3.63, 3.8) is 0 Å². The standard InChI is InChI=1S/C13H17NO/c1-9(2)12(8-15)10-3-4-13-11(7-10)5-6-14-13/h3-7,9,12,14-15H,8H2,1-2H3. The van der Waals surface area contributed by atoms with Crippen LogP contribution in [-0.4, -0.2) is 16.7 Å². The van der Waals surface area contributed by atoms with Crippen LogP contribution in [0.15, 0.2) is 30.5 Å². The molecule has 1 atom stereocenters. The molecule has 0 fully saturated rings. The van der Waals surface area contributed by atoms with Crippen LogP contribution in [0, 0.1) is 5.92 Å². The molecule has 15 heavy (non-hydrogen) atoms. The van der Waals surface area contributed by atoms with Gasteiger partial charge in [-0.25, -0.2) is 0 Å². The van der Waals surface area contributed by atoms with Crippen LogP contribution in [0.25, 0.3) is 10.9 Å². The van der Waals surface area contributed by atoms with Crippen LogP contribution in [0.4, 0.5) is 0 Å². The van der Waals surface area contributed by atoms with Gasteiger partial charge in [0, 0.05) is 17.6 Å². The van der Waals surface area contributed by atoms with Gasteiger partial charge in [0.05, 0.1) is 6.61 Å². The predicted molar refractivity (Wildman–Crippen MR) is 63.0 cm³/mol. The van der Waals surface area contributed by atoms with Gasteiger partial charge in [-0.2, -0.15) is 0 Å². The third-order valence-electron chi connectivity index (χ3n) is 3.01. The summed E-state index contributed by atoms with van der Waals surface area (Å²) in [5.41, 5.74) is 2.37. The fourth-order valence-corrected chi connectivity index (χ4v) is 2.00. The SMILES string of the molecule is CC(C)C(CO)c1ccc2[nH]ccc2c1. The first-order valence-electron chi connectivity index (χ1n) is 5.40. The van der Waals surface area contributed by atoms with Crippen molar-refractivity contribution in [3.05, 3.63) is 36.0 Å². The Kier molecular flexibility index (Phi) is 2.78. The fourth-order valence-electron chi connectivity index (χ4n) is 2.00. The lowest BCUT2D eigenvalue weighted by Crippen LogP contribution is -2.10. The highest BCUT2D eigenvalue weighted by Gasteiger charge is 2.14. The molecule has 1 unspecified atom stereocenters. The minimum absolute atomic E-state index is 0.216. The van der Waals surface area contributed by atoms with E-state index in [4.69, 9.17) is 0 Å². The van der Waals surface area contributed by atoms with Gasteiger partial charge in [-0.15, -0.1) is 0 Å². The number of aromatic nitrogens is 1. The second kappa shape index (κ2) is 4.07. The first-order valence-corrected chi connectivity index (χ1v) is 5.40. The number of H-pyrrole nitrogens is 1. The third kappa shape index (κ3) is 1.90. The lowest BCUT2D eigenvalue weighted by Gasteiger charge is -2.18. The Hall–Kier alpha value is -1.28. The van der Waals surface area contributed by atoms with Crippen molar-refractivity contribution in [1.82, 2.24) is 4.98 Å². The van der Waals surface area contributed by atoms with Crippen LogP contribution < -0.4 is 0 Å². The van der Waals surface area contributed by atoms with Gasteiger partial charge in [0.15, 0.2) is 0 Å². The highest BCUT2D eigenvalue weighted by Crippen LogP contribution is 2.26. The number of fused-ring (bicyclic) bond motifs is 1. The number of nitrogens with one attached hydrogen (secondary N) is 1. The number of hydrogen-bond donors (Lipinski definition) is 2. The summed E-state index contributed by atoms with van der Waals surface area (Å²) < 4.78 is 0. The van der Waals surface area contributed by atoms with Gasteiger partial charge in [-0.05, 0) is 35.1 Å². The Morgan fingerprint density at radius 1 is 1.27 bits per heavy atom. The van der Waals surface area contributed by atoms with Crippen molar-refractivity contribution >= 4 is 10.9 Å². The van der Waals surface area contributed by atoms with Crippen LogP contribution in [0.2, 0.25) is 0 Å². The molecule has 0 bridgehead atoms. The van der Waals surface area contributed by atoms with E-state index >= 15 is 0 Å². The molecule has 80 valence electrons. The quantitative estimate of drug-likeness (QED) is 0.790. The minimum atomic E-state index is 0.216. The van der Waals surface area contributed by atoms with Gasteiger partial charge in [0.1, 0.15) is 0 Å². The van der Waals surface area contributed by atoms with Gasteiger partial charge < -0.3 is 10.1 Å². The largest absolute Gasteiger partial charge is 0.396 e. The normalized spacial score (nSPS) is 13.6. The summed E-state index contributed by atoms with van der Waals surface area (Å²) in [5, 5.41) is 10.6. The molecule has 2 N–H and O–H groups in total. The molecule has 0 aliphatic heterocycles. The van der Waals surface area contributed by atoms with Crippen molar-refractivity contribution in [2.24, 2.45) is 5.92 Å². The van der Waals surface area contributed by atoms with Gasteiger partial charge in [0.2, 0.25) is 0 Å². The van der Waals surface area contributed by atoms with E-state index in [0.29, 0.717) is 5.92 Å². The van der Waals surface area contributed by atoms with Gasteiger partial charge in [-0.3, -0.25) is 0 Å². The molecule has 1 aromatic carbocycles. The van der Waals surface area contributed by atoms with Gasteiger partial charge >= 0.3 is 0 Å². The topological polar surface area (TPSA) is 36.0 Å². The molecule has 0 spiro atoms. The maximum atomic E-state index is 9.36. The van der Waals surface area contributed by atoms with Crippen molar-refractivity contribution < 1.29 is 5.11 Å². The van der Waals surface area contributed by atoms with Gasteiger partial charge in [-0.1, -0.05) is 19.9 Å². The highest BCUT2D eigenvalue weighted by atomic mass is 16.3. The monoisotopic (exact) mass is 203 g/mol. The molecule has 2 rings (SSSR count). The number of aliphatic hydroxyl groups is 1. The number of aromatic amines is 1. The summed E-state index contributed by atoms with van der Waals surface area (Å²) >= 11 is 0. The highest BCUT2D eigenvalue weighted by molar-refractivity contribution is 5.80. The van der Waals surface area contributed by atoms with Crippen molar-refractivity contribution in [2.75, 3.05) is 6.61 Å². The first kappa shape index (κ1) is 10.2. The molecule has 0 saturated carbocycles. The lowest BCUT2D eigenvalue weighted by atomic mass is 9.89. The molecule has 1 aromatic heterocycles. The van der Waals surface area contributed by atoms with Crippen LogP contribution >= 0.6 is 0 Å². The summed E-state index contributed by atoms with van der Waals surface area (Å²) in [6, 6.07) is 8.40. The van der Waals surface area contributed by atoms with E-state index in [2.05, 4.69) is 43.1 Å². The second-order valence-electron chi connectivity index (χ2n) is 4.36. The molecule has 0 aliphatic carbocycles. The third-order valence-corrected chi connectivity index (χ3v) is 3.01. The maximum absolute atomic E-state index is 9.36. The van der Waals surface area contributed by atoms with E-state index in [0.717, 1.165) is 5.52 Å².